The number of carbonyl (C=O) groups is 1. The van der Waals surface area contributed by atoms with E-state index in [4.69, 9.17) is 4.74 Å². The first-order valence-electron chi connectivity index (χ1n) is 8.49. The Morgan fingerprint density at radius 1 is 1.36 bits per heavy atom. The number of nitrogens with one attached hydrogen (secondary N) is 2. The number of carbonyl (C=O) groups excluding carboxylic acids is 1. The molecule has 3 N–H and O–H groups in total. The van der Waals surface area contributed by atoms with E-state index in [0.717, 1.165) is 25.9 Å². The molecular formula is C17H34N2O3. The summed E-state index contributed by atoms with van der Waals surface area (Å²) < 4.78 is 5.84. The van der Waals surface area contributed by atoms with Crippen LogP contribution >= 0.6 is 0 Å². The molecule has 0 spiro atoms. The summed E-state index contributed by atoms with van der Waals surface area (Å²) in [6.07, 6.45) is 3.12. The molecule has 0 aromatic heterocycles. The molecule has 5 nitrogen and oxygen atoms in total. The van der Waals surface area contributed by atoms with E-state index in [9.17, 15) is 9.90 Å². The van der Waals surface area contributed by atoms with E-state index in [1.54, 1.807) is 0 Å². The van der Waals surface area contributed by atoms with Gasteiger partial charge in [0, 0.05) is 19.1 Å². The molecule has 22 heavy (non-hydrogen) atoms. The first-order valence-corrected chi connectivity index (χ1v) is 8.49. The average Bonchev–Trinajstić information content (AvgIpc) is 2.43. The Balaban J connectivity index is 2.40. The predicted octanol–water partition coefficient (Wildman–Crippen LogP) is 2.53. The van der Waals surface area contributed by atoms with Crippen LogP contribution in [-0.2, 0) is 4.74 Å². The summed E-state index contributed by atoms with van der Waals surface area (Å²) >= 11 is 0. The van der Waals surface area contributed by atoms with Crippen LogP contribution in [0.4, 0.5) is 4.79 Å². The highest BCUT2D eigenvalue weighted by molar-refractivity contribution is 5.74. The molecule has 0 aromatic rings. The molecule has 0 saturated carbocycles. The van der Waals surface area contributed by atoms with E-state index in [1.165, 1.54) is 0 Å². The van der Waals surface area contributed by atoms with Crippen molar-refractivity contribution in [1.82, 2.24) is 10.6 Å². The molecule has 3 unspecified atom stereocenters. The fraction of sp³-hybridized carbons (Fsp3) is 0.941. The number of aliphatic hydroxyl groups excluding tert-OH is 1. The van der Waals surface area contributed by atoms with Crippen LogP contribution in [0.25, 0.3) is 0 Å². The molecule has 0 radical (unpaired) electrons. The zero-order valence-electron chi connectivity index (χ0n) is 14.8. The maximum atomic E-state index is 12.0. The first-order chi connectivity index (χ1) is 10.2. The molecule has 3 atom stereocenters. The van der Waals surface area contributed by atoms with Crippen molar-refractivity contribution in [3.05, 3.63) is 0 Å². The minimum atomic E-state index is -0.205. The van der Waals surface area contributed by atoms with Gasteiger partial charge in [-0.15, -0.1) is 0 Å². The molecule has 1 aliphatic rings. The second-order valence-electron chi connectivity index (χ2n) is 7.98. The first kappa shape index (κ1) is 19.2. The molecule has 0 aromatic carbocycles. The highest BCUT2D eigenvalue weighted by Crippen LogP contribution is 2.25. The average molecular weight is 314 g/mol. The Kier molecular flexibility index (Phi) is 7.63. The molecule has 1 saturated heterocycles. The second kappa shape index (κ2) is 8.73. The molecule has 130 valence electrons. The van der Waals surface area contributed by atoms with E-state index in [-0.39, 0.29) is 30.2 Å². The highest BCUT2D eigenvalue weighted by Gasteiger charge is 2.29. The summed E-state index contributed by atoms with van der Waals surface area (Å²) in [7, 11) is 0. The van der Waals surface area contributed by atoms with Crippen molar-refractivity contribution in [3.63, 3.8) is 0 Å². The fourth-order valence-electron chi connectivity index (χ4n) is 3.18. The topological polar surface area (TPSA) is 70.6 Å². The fourth-order valence-corrected chi connectivity index (χ4v) is 3.18. The van der Waals surface area contributed by atoms with E-state index in [2.05, 4.69) is 45.3 Å². The summed E-state index contributed by atoms with van der Waals surface area (Å²) in [5.74, 6) is 0.830. The van der Waals surface area contributed by atoms with E-state index >= 15 is 0 Å². The van der Waals surface area contributed by atoms with Gasteiger partial charge < -0.3 is 20.5 Å². The minimum absolute atomic E-state index is 0.0359. The number of amides is 2. The quantitative estimate of drug-likeness (QED) is 0.705. The van der Waals surface area contributed by atoms with Crippen LogP contribution in [0.3, 0.4) is 0 Å². The molecule has 2 amide bonds. The monoisotopic (exact) mass is 314 g/mol. The van der Waals surface area contributed by atoms with Crippen LogP contribution in [0.2, 0.25) is 0 Å². The normalized spacial score (nSPS) is 24.1. The van der Waals surface area contributed by atoms with Gasteiger partial charge in [0.25, 0.3) is 0 Å². The van der Waals surface area contributed by atoms with Gasteiger partial charge >= 0.3 is 6.03 Å². The molecule has 1 rings (SSSR count). The Bertz CT molecular complexity index is 339. The second-order valence-corrected chi connectivity index (χ2v) is 7.98. The van der Waals surface area contributed by atoms with Gasteiger partial charge in [-0.1, -0.05) is 34.6 Å². The van der Waals surface area contributed by atoms with Crippen molar-refractivity contribution in [3.8, 4) is 0 Å². The van der Waals surface area contributed by atoms with Crippen molar-refractivity contribution in [1.29, 1.82) is 0 Å². The van der Waals surface area contributed by atoms with Crippen LogP contribution in [-0.4, -0.2) is 43.0 Å². The van der Waals surface area contributed by atoms with Gasteiger partial charge in [-0.05, 0) is 30.6 Å². The van der Waals surface area contributed by atoms with Gasteiger partial charge in [0.05, 0.1) is 18.8 Å². The zero-order chi connectivity index (χ0) is 16.8. The minimum Gasteiger partial charge on any atom is -0.394 e. The lowest BCUT2D eigenvalue weighted by molar-refractivity contribution is -0.0508. The van der Waals surface area contributed by atoms with Crippen molar-refractivity contribution in [2.45, 2.75) is 66.0 Å². The number of hydrogen-bond donors (Lipinski definition) is 3. The third-order valence-electron chi connectivity index (χ3n) is 4.09. The van der Waals surface area contributed by atoms with Gasteiger partial charge in [-0.2, -0.15) is 0 Å². The largest absolute Gasteiger partial charge is 0.394 e. The summed E-state index contributed by atoms with van der Waals surface area (Å²) in [6.45, 7) is 12.0. The van der Waals surface area contributed by atoms with Crippen molar-refractivity contribution in [2.75, 3.05) is 19.8 Å². The van der Waals surface area contributed by atoms with Crippen LogP contribution < -0.4 is 10.6 Å². The van der Waals surface area contributed by atoms with E-state index in [0.29, 0.717) is 18.4 Å². The number of urea groups is 1. The lowest BCUT2D eigenvalue weighted by atomic mass is 9.87. The number of hydrogen-bond acceptors (Lipinski definition) is 3. The Hall–Kier alpha value is -0.810. The van der Waals surface area contributed by atoms with Gasteiger partial charge in [0.1, 0.15) is 0 Å². The standard InChI is InChI=1S/C17H34N2O3/c1-12(2)15-13(7-6-8-22-15)10-18-16(21)19-14(11-20)9-17(3,4)5/h12-15,20H,6-11H2,1-5H3,(H2,18,19,21). The third-order valence-corrected chi connectivity index (χ3v) is 4.09. The summed E-state index contributed by atoms with van der Waals surface area (Å²) in [5, 5.41) is 15.2. The highest BCUT2D eigenvalue weighted by atomic mass is 16.5. The third kappa shape index (κ3) is 6.97. The number of ether oxygens (including phenoxy) is 1. The van der Waals surface area contributed by atoms with Crippen LogP contribution in [0.15, 0.2) is 0 Å². The lowest BCUT2D eigenvalue weighted by Crippen LogP contribution is -2.48. The molecule has 0 aliphatic carbocycles. The Morgan fingerprint density at radius 3 is 2.59 bits per heavy atom. The number of aliphatic hydroxyl groups is 1. The smallest absolute Gasteiger partial charge is 0.315 e. The van der Waals surface area contributed by atoms with Crippen LogP contribution in [0, 0.1) is 17.3 Å². The molecule has 5 heteroatoms. The van der Waals surface area contributed by atoms with E-state index in [1.807, 2.05) is 0 Å². The molecule has 1 fully saturated rings. The van der Waals surface area contributed by atoms with E-state index < -0.39 is 0 Å². The molecule has 1 aliphatic heterocycles. The molecular weight excluding hydrogens is 280 g/mol. The Labute approximate surface area is 135 Å². The van der Waals surface area contributed by atoms with Crippen molar-refractivity contribution >= 4 is 6.03 Å². The van der Waals surface area contributed by atoms with Gasteiger partial charge in [-0.25, -0.2) is 4.79 Å². The maximum absolute atomic E-state index is 12.0. The lowest BCUT2D eigenvalue weighted by Gasteiger charge is -2.34. The van der Waals surface area contributed by atoms with Crippen molar-refractivity contribution in [2.24, 2.45) is 17.3 Å². The molecule has 0 bridgehead atoms. The summed E-state index contributed by atoms with van der Waals surface area (Å²) in [4.78, 5) is 12.0. The van der Waals surface area contributed by atoms with Gasteiger partial charge in [-0.3, -0.25) is 0 Å². The SMILES string of the molecule is CC(C)C1OCCCC1CNC(=O)NC(CO)CC(C)(C)C. The number of rotatable bonds is 6. The van der Waals surface area contributed by atoms with Crippen LogP contribution in [0.1, 0.15) is 53.9 Å². The van der Waals surface area contributed by atoms with Gasteiger partial charge in [0.2, 0.25) is 0 Å². The van der Waals surface area contributed by atoms with Gasteiger partial charge in [0.15, 0.2) is 0 Å². The zero-order valence-corrected chi connectivity index (χ0v) is 14.8. The summed E-state index contributed by atoms with van der Waals surface area (Å²) in [5.41, 5.74) is 0.0701. The van der Waals surface area contributed by atoms with Crippen LogP contribution in [0.5, 0.6) is 0 Å². The predicted molar refractivity (Wildman–Crippen MR) is 88.8 cm³/mol. The maximum Gasteiger partial charge on any atom is 0.315 e. The molecule has 1 heterocycles. The Morgan fingerprint density at radius 2 is 2.05 bits per heavy atom. The van der Waals surface area contributed by atoms with Crippen molar-refractivity contribution < 1.29 is 14.6 Å². The summed E-state index contributed by atoms with van der Waals surface area (Å²) in [6, 6.07) is -0.403.